The molecule has 0 N–H and O–H groups in total. The van der Waals surface area contributed by atoms with Gasteiger partial charge in [0, 0.05) is 44.6 Å². The molecule has 0 atom stereocenters. The fourth-order valence-corrected chi connectivity index (χ4v) is 8.60. The predicted molar refractivity (Wildman–Crippen MR) is 267 cm³/mol. The third kappa shape index (κ3) is 7.99. The van der Waals surface area contributed by atoms with Crippen molar-refractivity contribution in [3.05, 3.63) is 236 Å². The Morgan fingerprint density at radius 1 is 0.246 bits per heavy atom. The molecular weight excluding hydrogens is 791 g/mol. The van der Waals surface area contributed by atoms with Crippen LogP contribution >= 0.6 is 0 Å². The first-order valence-electron chi connectivity index (χ1n) is 21.8. The van der Waals surface area contributed by atoms with E-state index in [9.17, 15) is 0 Å². The van der Waals surface area contributed by atoms with Crippen molar-refractivity contribution in [2.24, 2.45) is 0 Å². The van der Waals surface area contributed by atoms with Crippen molar-refractivity contribution < 1.29 is 0 Å². The Balaban J connectivity index is 1.07. The molecule has 0 aliphatic rings. The molecule has 5 nitrogen and oxygen atoms in total. The molecule has 0 saturated carbocycles. The molecule has 5 heteroatoms. The van der Waals surface area contributed by atoms with Crippen molar-refractivity contribution >= 4 is 10.8 Å². The summed E-state index contributed by atoms with van der Waals surface area (Å²) in [6.07, 6.45) is 0. The van der Waals surface area contributed by atoms with Crippen molar-refractivity contribution in [1.29, 1.82) is 0 Å². The number of pyridine rings is 1. The van der Waals surface area contributed by atoms with E-state index < -0.39 is 0 Å². The first-order valence-corrected chi connectivity index (χ1v) is 21.8. The number of hydrogen-bond donors (Lipinski definition) is 0. The van der Waals surface area contributed by atoms with Crippen molar-refractivity contribution in [2.45, 2.75) is 6.92 Å². The lowest BCUT2D eigenvalue weighted by Gasteiger charge is -2.19. The van der Waals surface area contributed by atoms with Crippen molar-refractivity contribution in [1.82, 2.24) is 24.9 Å². The molecule has 0 aliphatic heterocycles. The van der Waals surface area contributed by atoms with E-state index in [-0.39, 0.29) is 0 Å². The smallest absolute Gasteiger partial charge is 0.160 e. The maximum atomic E-state index is 5.28. The van der Waals surface area contributed by atoms with E-state index in [0.717, 1.165) is 101 Å². The number of aromatic nitrogens is 5. The Morgan fingerprint density at radius 3 is 1.37 bits per heavy atom. The Kier molecular flexibility index (Phi) is 10.4. The maximum Gasteiger partial charge on any atom is 0.160 e. The third-order valence-corrected chi connectivity index (χ3v) is 11.8. The molecule has 65 heavy (non-hydrogen) atoms. The molecule has 8 aromatic carbocycles. The Morgan fingerprint density at radius 2 is 0.708 bits per heavy atom. The van der Waals surface area contributed by atoms with Crippen molar-refractivity contribution in [3.8, 4) is 101 Å². The molecular formula is C60H41N5. The van der Waals surface area contributed by atoms with E-state index in [1.807, 2.05) is 67.6 Å². The van der Waals surface area contributed by atoms with Crippen LogP contribution in [0.3, 0.4) is 0 Å². The van der Waals surface area contributed by atoms with Crippen LogP contribution in [0, 0.1) is 6.92 Å². The van der Waals surface area contributed by atoms with Crippen LogP contribution in [-0.4, -0.2) is 24.9 Å². The molecule has 0 fully saturated rings. The van der Waals surface area contributed by atoms with E-state index in [4.69, 9.17) is 24.9 Å². The number of rotatable bonds is 9. The molecule has 11 rings (SSSR count). The second-order valence-electron chi connectivity index (χ2n) is 16.1. The van der Waals surface area contributed by atoms with Gasteiger partial charge in [-0.2, -0.15) is 0 Å². The SMILES string of the molecule is Cc1cccc(-c2cccc(-c3ccc(-c4cc(-c5ccccc5)nc(-c5ccc6ccccc6c5)n4)cc3)c2-c2ccccc2-c2cc(-c3ccccc3)nc(-c3ccccc3)n2)n1. The van der Waals surface area contributed by atoms with Crippen LogP contribution in [0.4, 0.5) is 0 Å². The second-order valence-corrected chi connectivity index (χ2v) is 16.1. The van der Waals surface area contributed by atoms with Crippen LogP contribution in [-0.2, 0) is 0 Å². The highest BCUT2D eigenvalue weighted by atomic mass is 14.9. The molecule has 0 aliphatic carbocycles. The van der Waals surface area contributed by atoms with Gasteiger partial charge in [0.2, 0.25) is 0 Å². The fourth-order valence-electron chi connectivity index (χ4n) is 8.60. The van der Waals surface area contributed by atoms with Gasteiger partial charge in [-0.25, -0.2) is 19.9 Å². The lowest BCUT2D eigenvalue weighted by atomic mass is 9.86. The van der Waals surface area contributed by atoms with E-state index in [1.165, 1.54) is 5.39 Å². The molecule has 0 unspecified atom stereocenters. The van der Waals surface area contributed by atoms with E-state index in [0.29, 0.717) is 11.6 Å². The highest BCUT2D eigenvalue weighted by Gasteiger charge is 2.21. The van der Waals surface area contributed by atoms with Crippen LogP contribution in [0.5, 0.6) is 0 Å². The summed E-state index contributed by atoms with van der Waals surface area (Å²) < 4.78 is 0. The summed E-state index contributed by atoms with van der Waals surface area (Å²) in [4.78, 5) is 25.8. The van der Waals surface area contributed by atoms with Gasteiger partial charge in [0.15, 0.2) is 11.6 Å². The Hall–Kier alpha value is -8.67. The Labute approximate surface area is 378 Å². The lowest BCUT2D eigenvalue weighted by Crippen LogP contribution is -1.99. The lowest BCUT2D eigenvalue weighted by molar-refractivity contribution is 1.18. The quantitative estimate of drug-likeness (QED) is 0.145. The minimum atomic E-state index is 0.671. The van der Waals surface area contributed by atoms with Gasteiger partial charge in [-0.05, 0) is 70.3 Å². The predicted octanol–water partition coefficient (Wildman–Crippen LogP) is 15.1. The van der Waals surface area contributed by atoms with Crippen LogP contribution in [0.2, 0.25) is 0 Å². The number of benzene rings is 8. The van der Waals surface area contributed by atoms with Crippen LogP contribution in [0.15, 0.2) is 231 Å². The summed E-state index contributed by atoms with van der Waals surface area (Å²) in [5.41, 5.74) is 16.6. The number of hydrogen-bond acceptors (Lipinski definition) is 5. The van der Waals surface area contributed by atoms with E-state index in [1.54, 1.807) is 0 Å². The highest BCUT2D eigenvalue weighted by molar-refractivity contribution is 5.99. The standard InChI is InChI=1S/C60H41N5/c1-40-17-15-30-53(61-40)52-29-16-28-49(58(52)51-27-14-13-26-50(51)57-39-56(44-21-7-3-8-22-44)62-59(65-57)46-23-9-4-10-24-46)42-32-34-45(35-33-42)55-38-54(43-19-5-2-6-20-43)63-60(64-55)48-36-31-41-18-11-12-25-47(41)37-48/h2-39H,1H3. The number of nitrogens with zero attached hydrogens (tertiary/aromatic N) is 5. The normalized spacial score (nSPS) is 11.2. The van der Waals surface area contributed by atoms with Crippen LogP contribution in [0.25, 0.3) is 112 Å². The summed E-state index contributed by atoms with van der Waals surface area (Å²) in [5.74, 6) is 1.36. The van der Waals surface area contributed by atoms with Gasteiger partial charge in [0.05, 0.1) is 28.5 Å². The maximum absolute atomic E-state index is 5.28. The molecule has 306 valence electrons. The molecule has 3 heterocycles. The molecule has 0 bridgehead atoms. The molecule has 11 aromatic rings. The monoisotopic (exact) mass is 831 g/mol. The van der Waals surface area contributed by atoms with Crippen molar-refractivity contribution in [3.63, 3.8) is 0 Å². The number of fused-ring (bicyclic) bond motifs is 1. The second kappa shape index (κ2) is 17.2. The summed E-state index contributed by atoms with van der Waals surface area (Å²) in [6, 6.07) is 79.9. The van der Waals surface area contributed by atoms with Gasteiger partial charge in [0.25, 0.3) is 0 Å². The minimum absolute atomic E-state index is 0.671. The van der Waals surface area contributed by atoms with Crippen LogP contribution in [0.1, 0.15) is 5.69 Å². The zero-order valence-electron chi connectivity index (χ0n) is 35.7. The van der Waals surface area contributed by atoms with Gasteiger partial charge in [-0.3, -0.25) is 4.98 Å². The molecule has 3 aromatic heterocycles. The summed E-state index contributed by atoms with van der Waals surface area (Å²) >= 11 is 0. The number of aryl methyl sites for hydroxylation is 1. The zero-order valence-corrected chi connectivity index (χ0v) is 35.7. The Bertz CT molecular complexity index is 3420. The molecule has 0 spiro atoms. The first-order chi connectivity index (χ1) is 32.1. The molecule has 0 radical (unpaired) electrons. The summed E-state index contributed by atoms with van der Waals surface area (Å²) in [5, 5.41) is 2.33. The first kappa shape index (κ1) is 39.2. The molecule has 0 saturated heterocycles. The van der Waals surface area contributed by atoms with Crippen LogP contribution < -0.4 is 0 Å². The van der Waals surface area contributed by atoms with E-state index in [2.05, 4.69) is 170 Å². The zero-order chi connectivity index (χ0) is 43.5. The third-order valence-electron chi connectivity index (χ3n) is 11.8. The minimum Gasteiger partial charge on any atom is -0.253 e. The highest BCUT2D eigenvalue weighted by Crippen LogP contribution is 2.44. The summed E-state index contributed by atoms with van der Waals surface area (Å²) in [7, 11) is 0. The average Bonchev–Trinajstić information content (AvgIpc) is 3.39. The van der Waals surface area contributed by atoms with Gasteiger partial charge >= 0.3 is 0 Å². The van der Waals surface area contributed by atoms with Gasteiger partial charge in [-0.15, -0.1) is 0 Å². The van der Waals surface area contributed by atoms with Gasteiger partial charge in [-0.1, -0.05) is 200 Å². The molecule has 0 amide bonds. The largest absolute Gasteiger partial charge is 0.253 e. The topological polar surface area (TPSA) is 64.5 Å². The summed E-state index contributed by atoms with van der Waals surface area (Å²) in [6.45, 7) is 2.04. The van der Waals surface area contributed by atoms with E-state index >= 15 is 0 Å². The fraction of sp³-hybridized carbons (Fsp3) is 0.0167. The average molecular weight is 832 g/mol. The van der Waals surface area contributed by atoms with Crippen molar-refractivity contribution in [2.75, 3.05) is 0 Å². The van der Waals surface area contributed by atoms with Gasteiger partial charge < -0.3 is 0 Å². The van der Waals surface area contributed by atoms with Gasteiger partial charge in [0.1, 0.15) is 0 Å².